The number of hydrogen-bond donors (Lipinski definition) is 1. The molecule has 4 heteroatoms. The fraction of sp³-hybridized carbons (Fsp3) is 0.519. The van der Waals surface area contributed by atoms with Crippen molar-refractivity contribution < 1.29 is 4.79 Å². The van der Waals surface area contributed by atoms with Crippen molar-refractivity contribution in [1.82, 2.24) is 15.1 Å². The van der Waals surface area contributed by atoms with Crippen LogP contribution < -0.4 is 5.32 Å². The SMILES string of the molecule is CC1CCN(Cc2ccc(C(=O)NCc3ccccc3CN3CCCCC3)cc2)CC1. The summed E-state index contributed by atoms with van der Waals surface area (Å²) in [5, 5.41) is 3.13. The molecule has 0 aromatic heterocycles. The Morgan fingerprint density at radius 2 is 1.48 bits per heavy atom. The maximum atomic E-state index is 12.7. The fourth-order valence-corrected chi connectivity index (χ4v) is 4.76. The number of piperidine rings is 2. The van der Waals surface area contributed by atoms with Gasteiger partial charge in [0.2, 0.25) is 0 Å². The van der Waals surface area contributed by atoms with Gasteiger partial charge in [0.15, 0.2) is 0 Å². The van der Waals surface area contributed by atoms with Crippen LogP contribution in [0.4, 0.5) is 0 Å². The van der Waals surface area contributed by atoms with E-state index in [-0.39, 0.29) is 5.91 Å². The van der Waals surface area contributed by atoms with E-state index in [1.807, 2.05) is 12.1 Å². The lowest BCUT2D eigenvalue weighted by Crippen LogP contribution is -2.32. The zero-order valence-corrected chi connectivity index (χ0v) is 19.0. The molecule has 4 nitrogen and oxygen atoms in total. The summed E-state index contributed by atoms with van der Waals surface area (Å²) in [7, 11) is 0. The molecule has 0 aliphatic carbocycles. The van der Waals surface area contributed by atoms with Crippen LogP contribution in [0.5, 0.6) is 0 Å². The Balaban J connectivity index is 1.29. The van der Waals surface area contributed by atoms with E-state index in [2.05, 4.69) is 58.4 Å². The lowest BCUT2D eigenvalue weighted by atomic mass is 9.99. The molecule has 4 rings (SSSR count). The second kappa shape index (κ2) is 10.9. The predicted octanol–water partition coefficient (Wildman–Crippen LogP) is 4.83. The van der Waals surface area contributed by atoms with Crippen molar-refractivity contribution in [2.75, 3.05) is 26.2 Å². The first-order valence-corrected chi connectivity index (χ1v) is 12.1. The van der Waals surface area contributed by atoms with Crippen molar-refractivity contribution >= 4 is 5.91 Å². The number of amides is 1. The quantitative estimate of drug-likeness (QED) is 0.698. The van der Waals surface area contributed by atoms with Crippen LogP contribution in [0.2, 0.25) is 0 Å². The van der Waals surface area contributed by atoms with Crippen LogP contribution in [0.25, 0.3) is 0 Å². The Hall–Kier alpha value is -2.17. The predicted molar refractivity (Wildman–Crippen MR) is 127 cm³/mol. The lowest BCUT2D eigenvalue weighted by molar-refractivity contribution is 0.0950. The number of carbonyl (C=O) groups is 1. The summed E-state index contributed by atoms with van der Waals surface area (Å²) in [5.41, 5.74) is 4.58. The highest BCUT2D eigenvalue weighted by Gasteiger charge is 2.16. The molecule has 2 heterocycles. The topological polar surface area (TPSA) is 35.6 Å². The Bertz CT molecular complexity index is 834. The van der Waals surface area contributed by atoms with E-state index in [1.54, 1.807) is 0 Å². The summed E-state index contributed by atoms with van der Waals surface area (Å²) < 4.78 is 0. The van der Waals surface area contributed by atoms with Gasteiger partial charge >= 0.3 is 0 Å². The molecule has 31 heavy (non-hydrogen) atoms. The van der Waals surface area contributed by atoms with Crippen LogP contribution in [0.15, 0.2) is 48.5 Å². The first-order chi connectivity index (χ1) is 15.2. The molecule has 0 spiro atoms. The molecule has 2 aliphatic heterocycles. The minimum atomic E-state index is 0.00567. The third-order valence-electron chi connectivity index (χ3n) is 6.90. The molecule has 2 aliphatic rings. The first-order valence-electron chi connectivity index (χ1n) is 12.1. The van der Waals surface area contributed by atoms with E-state index in [1.165, 1.54) is 75.0 Å². The molecule has 0 unspecified atom stereocenters. The molecule has 166 valence electrons. The molecule has 2 fully saturated rings. The third-order valence-corrected chi connectivity index (χ3v) is 6.90. The van der Waals surface area contributed by atoms with Crippen LogP contribution >= 0.6 is 0 Å². The minimum Gasteiger partial charge on any atom is -0.348 e. The van der Waals surface area contributed by atoms with Crippen molar-refractivity contribution in [3.05, 3.63) is 70.8 Å². The first kappa shape index (κ1) is 22.0. The standard InChI is InChI=1S/C27H37N3O/c1-22-13-17-30(18-14-22)20-23-9-11-24(12-10-23)27(31)28-19-25-7-3-4-8-26(25)21-29-15-5-2-6-16-29/h3-4,7-12,22H,2,5-6,13-21H2,1H3,(H,28,31). The van der Waals surface area contributed by atoms with Gasteiger partial charge in [-0.2, -0.15) is 0 Å². The molecule has 0 saturated carbocycles. The van der Waals surface area contributed by atoms with E-state index >= 15 is 0 Å². The van der Waals surface area contributed by atoms with Crippen LogP contribution in [0.3, 0.4) is 0 Å². The summed E-state index contributed by atoms with van der Waals surface area (Å²) in [5.74, 6) is 0.860. The van der Waals surface area contributed by atoms with E-state index < -0.39 is 0 Å². The summed E-state index contributed by atoms with van der Waals surface area (Å²) in [6.45, 7) is 9.62. The molecule has 1 N–H and O–H groups in total. The summed E-state index contributed by atoms with van der Waals surface area (Å²) in [6.07, 6.45) is 6.53. The van der Waals surface area contributed by atoms with Gasteiger partial charge in [0, 0.05) is 25.2 Å². The largest absolute Gasteiger partial charge is 0.348 e. The Kier molecular flexibility index (Phi) is 7.76. The van der Waals surface area contributed by atoms with Gasteiger partial charge in [-0.3, -0.25) is 14.6 Å². The van der Waals surface area contributed by atoms with Crippen molar-refractivity contribution in [2.24, 2.45) is 5.92 Å². The monoisotopic (exact) mass is 419 g/mol. The highest BCUT2D eigenvalue weighted by Crippen LogP contribution is 2.19. The van der Waals surface area contributed by atoms with Gasteiger partial charge in [0.05, 0.1) is 0 Å². The highest BCUT2D eigenvalue weighted by molar-refractivity contribution is 5.94. The highest BCUT2D eigenvalue weighted by atomic mass is 16.1. The van der Waals surface area contributed by atoms with E-state index in [0.29, 0.717) is 6.54 Å². The van der Waals surface area contributed by atoms with Crippen molar-refractivity contribution in [3.8, 4) is 0 Å². The molecular formula is C27H37N3O. The van der Waals surface area contributed by atoms with Crippen LogP contribution in [0.1, 0.15) is 66.1 Å². The average molecular weight is 420 g/mol. The van der Waals surface area contributed by atoms with Crippen molar-refractivity contribution in [3.63, 3.8) is 0 Å². The molecule has 0 bridgehead atoms. The van der Waals surface area contributed by atoms with E-state index in [4.69, 9.17) is 0 Å². The molecule has 2 aromatic carbocycles. The number of benzene rings is 2. The summed E-state index contributed by atoms with van der Waals surface area (Å²) in [6, 6.07) is 16.7. The second-order valence-electron chi connectivity index (χ2n) is 9.44. The average Bonchev–Trinajstić information content (AvgIpc) is 2.81. The van der Waals surface area contributed by atoms with E-state index in [9.17, 15) is 4.79 Å². The summed E-state index contributed by atoms with van der Waals surface area (Å²) >= 11 is 0. The maximum absolute atomic E-state index is 12.7. The number of likely N-dealkylation sites (tertiary alicyclic amines) is 2. The minimum absolute atomic E-state index is 0.00567. The number of hydrogen-bond acceptors (Lipinski definition) is 3. The summed E-state index contributed by atoms with van der Waals surface area (Å²) in [4.78, 5) is 17.8. The Morgan fingerprint density at radius 1 is 0.839 bits per heavy atom. The van der Waals surface area contributed by atoms with Crippen LogP contribution in [-0.4, -0.2) is 41.9 Å². The van der Waals surface area contributed by atoms with Gasteiger partial charge in [0.1, 0.15) is 0 Å². The number of carbonyl (C=O) groups excluding carboxylic acids is 1. The molecule has 2 saturated heterocycles. The lowest BCUT2D eigenvalue weighted by Gasteiger charge is -2.30. The van der Waals surface area contributed by atoms with Gasteiger partial charge in [-0.1, -0.05) is 49.7 Å². The van der Waals surface area contributed by atoms with Crippen LogP contribution in [-0.2, 0) is 19.6 Å². The van der Waals surface area contributed by atoms with Gasteiger partial charge in [-0.05, 0) is 86.6 Å². The van der Waals surface area contributed by atoms with Gasteiger partial charge in [-0.25, -0.2) is 0 Å². The molecule has 2 aromatic rings. The van der Waals surface area contributed by atoms with Gasteiger partial charge in [0.25, 0.3) is 5.91 Å². The molecule has 0 atom stereocenters. The van der Waals surface area contributed by atoms with Crippen LogP contribution in [0, 0.1) is 5.92 Å². The Morgan fingerprint density at radius 3 is 2.19 bits per heavy atom. The smallest absolute Gasteiger partial charge is 0.251 e. The zero-order chi connectivity index (χ0) is 21.5. The Labute approximate surface area is 187 Å². The van der Waals surface area contributed by atoms with Gasteiger partial charge in [-0.15, -0.1) is 0 Å². The normalized spacial score (nSPS) is 18.7. The molecule has 0 radical (unpaired) electrons. The second-order valence-corrected chi connectivity index (χ2v) is 9.44. The number of nitrogens with zero attached hydrogens (tertiary/aromatic N) is 2. The zero-order valence-electron chi connectivity index (χ0n) is 19.0. The maximum Gasteiger partial charge on any atom is 0.251 e. The van der Waals surface area contributed by atoms with Crippen molar-refractivity contribution in [2.45, 2.75) is 58.7 Å². The van der Waals surface area contributed by atoms with Gasteiger partial charge < -0.3 is 5.32 Å². The van der Waals surface area contributed by atoms with E-state index in [0.717, 1.165) is 24.6 Å². The fourth-order valence-electron chi connectivity index (χ4n) is 4.76. The number of nitrogens with one attached hydrogen (secondary N) is 1. The molecular weight excluding hydrogens is 382 g/mol. The van der Waals surface area contributed by atoms with Crippen molar-refractivity contribution in [1.29, 1.82) is 0 Å². The molecule has 1 amide bonds. The number of rotatable bonds is 7. The third kappa shape index (κ3) is 6.41.